The lowest BCUT2D eigenvalue weighted by Crippen LogP contribution is -2.44. The van der Waals surface area contributed by atoms with E-state index in [2.05, 4.69) is 35.9 Å². The number of ether oxygens (including phenoxy) is 2. The Kier molecular flexibility index (Phi) is 5.84. The second-order valence-electron chi connectivity index (χ2n) is 11.8. The van der Waals surface area contributed by atoms with Crippen LogP contribution in [0.3, 0.4) is 0 Å². The molecule has 4 aromatic rings. The topological polar surface area (TPSA) is 92.3 Å². The first-order valence-corrected chi connectivity index (χ1v) is 14.3. The number of rotatable bonds is 5. The minimum absolute atomic E-state index is 0.00391. The smallest absolute Gasteiger partial charge is 0.319 e. The van der Waals surface area contributed by atoms with Gasteiger partial charge in [-0.25, -0.2) is 13.2 Å². The number of nitrogens with zero attached hydrogens (tertiary/aromatic N) is 6. The first-order valence-electron chi connectivity index (χ1n) is 14.3. The molecule has 0 aliphatic carbocycles. The van der Waals surface area contributed by atoms with E-state index in [1.807, 2.05) is 0 Å². The van der Waals surface area contributed by atoms with E-state index in [4.69, 9.17) is 20.9 Å². The SMILES string of the molecule is C#Cc1c(F)ccc2[nH]nc(-c3ncc4c(N5CC6CCC(C5)O6)nc(OC[C@@]56CCCN5C[C@H](F)C6)nc4c3F)c12. The molecule has 42 heavy (non-hydrogen) atoms. The summed E-state index contributed by atoms with van der Waals surface area (Å²) < 4.78 is 57.7. The Bertz CT molecular complexity index is 1760. The molecule has 7 heterocycles. The second-order valence-corrected chi connectivity index (χ2v) is 11.8. The van der Waals surface area contributed by atoms with Crippen molar-refractivity contribution in [1.82, 2.24) is 30.0 Å². The first kappa shape index (κ1) is 25.7. The summed E-state index contributed by atoms with van der Waals surface area (Å²) in [6.07, 6.45) is 10.4. The Morgan fingerprint density at radius 1 is 1.14 bits per heavy atom. The third kappa shape index (κ3) is 3.94. The van der Waals surface area contributed by atoms with E-state index in [0.29, 0.717) is 42.8 Å². The van der Waals surface area contributed by atoms with Crippen molar-refractivity contribution in [3.05, 3.63) is 35.5 Å². The molecule has 0 radical (unpaired) electrons. The van der Waals surface area contributed by atoms with Crippen molar-refractivity contribution in [1.29, 1.82) is 0 Å². The number of aromatic amines is 1. The molecule has 3 aromatic heterocycles. The predicted molar refractivity (Wildman–Crippen MR) is 149 cm³/mol. The number of halogens is 3. The number of nitrogens with one attached hydrogen (secondary N) is 1. The van der Waals surface area contributed by atoms with Gasteiger partial charge < -0.3 is 14.4 Å². The molecule has 9 nitrogen and oxygen atoms in total. The highest BCUT2D eigenvalue weighted by molar-refractivity contribution is 5.99. The van der Waals surface area contributed by atoms with Gasteiger partial charge in [0.1, 0.15) is 41.3 Å². The van der Waals surface area contributed by atoms with Gasteiger partial charge in [-0.2, -0.15) is 15.1 Å². The van der Waals surface area contributed by atoms with Crippen LogP contribution in [0.1, 0.15) is 37.7 Å². The highest BCUT2D eigenvalue weighted by Gasteiger charge is 2.49. The number of terminal acetylenes is 1. The summed E-state index contributed by atoms with van der Waals surface area (Å²) in [6, 6.07) is 2.75. The van der Waals surface area contributed by atoms with E-state index < -0.39 is 23.3 Å². The van der Waals surface area contributed by atoms with Gasteiger partial charge in [0, 0.05) is 37.6 Å². The van der Waals surface area contributed by atoms with Crippen LogP contribution in [0, 0.1) is 24.0 Å². The zero-order valence-corrected chi connectivity index (χ0v) is 22.7. The average molecular weight is 576 g/mol. The zero-order chi connectivity index (χ0) is 28.6. The third-order valence-corrected chi connectivity index (χ3v) is 9.27. The minimum atomic E-state index is -0.904. The van der Waals surface area contributed by atoms with Crippen LogP contribution in [0.4, 0.5) is 19.0 Å². The van der Waals surface area contributed by atoms with E-state index in [9.17, 15) is 8.78 Å². The van der Waals surface area contributed by atoms with Gasteiger partial charge in [0.15, 0.2) is 5.82 Å². The van der Waals surface area contributed by atoms with Crippen LogP contribution < -0.4 is 9.64 Å². The molecule has 0 spiro atoms. The van der Waals surface area contributed by atoms with Crippen LogP contribution in [0.15, 0.2) is 18.3 Å². The zero-order valence-electron chi connectivity index (χ0n) is 22.7. The summed E-state index contributed by atoms with van der Waals surface area (Å²) in [5, 5.41) is 7.72. The standard InChI is InChI=1S/C30H28F3N7O2/c1-2-19-21(32)6-7-22-23(19)26(38-37-22)27-24(33)25-20(11-34-27)28(39-13-17-4-5-18(14-39)42-17)36-29(35-25)41-15-30-8-3-9-40(30)12-16(31)10-30/h1,6-7,11,16-18H,3-5,8-10,12-15H2,(H,37,38)/t16-,17?,18?,30+/m1/s1. The van der Waals surface area contributed by atoms with Crippen molar-refractivity contribution in [2.24, 2.45) is 0 Å². The largest absolute Gasteiger partial charge is 0.461 e. The Hall–Kier alpha value is -3.95. The van der Waals surface area contributed by atoms with Gasteiger partial charge in [-0.05, 0) is 44.4 Å². The van der Waals surface area contributed by atoms with Crippen molar-refractivity contribution >= 4 is 27.6 Å². The molecule has 0 saturated carbocycles. The van der Waals surface area contributed by atoms with Gasteiger partial charge in [-0.3, -0.25) is 15.0 Å². The fraction of sp³-hybridized carbons (Fsp3) is 0.467. The van der Waals surface area contributed by atoms with Crippen molar-refractivity contribution in [2.45, 2.75) is 56.0 Å². The number of hydrogen-bond acceptors (Lipinski definition) is 8. The number of pyridine rings is 1. The quantitative estimate of drug-likeness (QED) is 0.355. The molecule has 4 saturated heterocycles. The molecule has 12 heteroatoms. The normalized spacial score (nSPS) is 27.2. The third-order valence-electron chi connectivity index (χ3n) is 9.27. The lowest BCUT2D eigenvalue weighted by Gasteiger charge is -2.34. The first-order chi connectivity index (χ1) is 20.4. The maximum atomic E-state index is 16.5. The molecule has 4 atom stereocenters. The number of fused-ring (bicyclic) bond motifs is 5. The number of hydrogen-bond donors (Lipinski definition) is 1. The Labute approximate surface area is 239 Å². The molecule has 4 fully saturated rings. The number of benzene rings is 1. The van der Waals surface area contributed by atoms with Crippen molar-refractivity contribution in [2.75, 3.05) is 37.7 Å². The van der Waals surface area contributed by atoms with Crippen molar-refractivity contribution in [3.8, 4) is 29.7 Å². The van der Waals surface area contributed by atoms with Gasteiger partial charge >= 0.3 is 6.01 Å². The van der Waals surface area contributed by atoms with Gasteiger partial charge in [-0.1, -0.05) is 5.92 Å². The molecule has 8 rings (SSSR count). The minimum Gasteiger partial charge on any atom is -0.461 e. The number of H-pyrrole nitrogens is 1. The van der Waals surface area contributed by atoms with Gasteiger partial charge in [0.25, 0.3) is 0 Å². The summed E-state index contributed by atoms with van der Waals surface area (Å²) in [5.74, 6) is 1.50. The molecule has 4 aliphatic heterocycles. The Morgan fingerprint density at radius 3 is 2.79 bits per heavy atom. The van der Waals surface area contributed by atoms with Gasteiger partial charge in [-0.15, -0.1) is 6.42 Å². The molecule has 0 amide bonds. The molecule has 1 aromatic carbocycles. The van der Waals surface area contributed by atoms with Crippen LogP contribution in [0.25, 0.3) is 33.2 Å². The van der Waals surface area contributed by atoms with E-state index >= 15 is 4.39 Å². The monoisotopic (exact) mass is 575 g/mol. The van der Waals surface area contributed by atoms with Crippen LogP contribution in [0.2, 0.25) is 0 Å². The molecular formula is C30H28F3N7O2. The fourth-order valence-corrected chi connectivity index (χ4v) is 7.33. The number of anilines is 1. The summed E-state index contributed by atoms with van der Waals surface area (Å²) in [7, 11) is 0. The number of morpholine rings is 1. The van der Waals surface area contributed by atoms with E-state index in [1.165, 1.54) is 18.3 Å². The lowest BCUT2D eigenvalue weighted by atomic mass is 9.95. The maximum absolute atomic E-state index is 16.5. The fourth-order valence-electron chi connectivity index (χ4n) is 7.33. The van der Waals surface area contributed by atoms with Crippen molar-refractivity contribution < 1.29 is 22.6 Å². The highest BCUT2D eigenvalue weighted by Crippen LogP contribution is 2.41. The Balaban J connectivity index is 1.25. The molecule has 2 unspecified atom stereocenters. The number of alkyl halides is 1. The van der Waals surface area contributed by atoms with Gasteiger partial charge in [0.05, 0.1) is 34.2 Å². The molecule has 4 aliphatic rings. The van der Waals surface area contributed by atoms with E-state index in [1.54, 1.807) is 0 Å². The summed E-state index contributed by atoms with van der Waals surface area (Å²) in [4.78, 5) is 17.9. The predicted octanol–water partition coefficient (Wildman–Crippen LogP) is 4.15. The van der Waals surface area contributed by atoms with Crippen molar-refractivity contribution in [3.63, 3.8) is 0 Å². The summed E-state index contributed by atoms with van der Waals surface area (Å²) >= 11 is 0. The van der Waals surface area contributed by atoms with E-state index in [-0.39, 0.29) is 52.7 Å². The second kappa shape index (κ2) is 9.54. The summed E-state index contributed by atoms with van der Waals surface area (Å²) in [6.45, 7) is 2.63. The molecule has 1 N–H and O–H groups in total. The lowest BCUT2D eigenvalue weighted by molar-refractivity contribution is 0.0302. The molecule has 2 bridgehead atoms. The molecular weight excluding hydrogens is 547 g/mol. The average Bonchev–Trinajstić information content (AvgIpc) is 3.74. The molecule has 216 valence electrons. The van der Waals surface area contributed by atoms with E-state index in [0.717, 1.165) is 32.2 Å². The van der Waals surface area contributed by atoms with Crippen LogP contribution in [-0.2, 0) is 4.74 Å². The maximum Gasteiger partial charge on any atom is 0.319 e. The van der Waals surface area contributed by atoms with Crippen LogP contribution >= 0.6 is 0 Å². The summed E-state index contributed by atoms with van der Waals surface area (Å²) in [5.41, 5.74) is -0.0165. The number of aromatic nitrogens is 5. The highest BCUT2D eigenvalue weighted by atomic mass is 19.1. The Morgan fingerprint density at radius 2 is 1.98 bits per heavy atom. The van der Waals surface area contributed by atoms with Crippen LogP contribution in [-0.4, -0.2) is 86.8 Å². The van der Waals surface area contributed by atoms with Gasteiger partial charge in [0.2, 0.25) is 0 Å². The van der Waals surface area contributed by atoms with Crippen LogP contribution in [0.5, 0.6) is 6.01 Å².